The molecule has 3 heteroatoms. The Kier molecular flexibility index (Phi) is 4.50. The van der Waals surface area contributed by atoms with Gasteiger partial charge in [0.25, 0.3) is 0 Å². The Morgan fingerprint density at radius 1 is 0.950 bits per heavy atom. The fraction of sp³-hybridized carbons (Fsp3) is 0.294. The molecule has 2 aromatic carbocycles. The number of hydrogen-bond donors (Lipinski definition) is 1. The third-order valence-electron chi connectivity index (χ3n) is 3.63. The molecule has 0 radical (unpaired) electrons. The lowest BCUT2D eigenvalue weighted by Crippen LogP contribution is -2.18. The second-order valence-corrected chi connectivity index (χ2v) is 5.19. The van der Waals surface area contributed by atoms with Crippen LogP contribution in [-0.4, -0.2) is 0 Å². The fourth-order valence-electron chi connectivity index (χ4n) is 2.07. The van der Waals surface area contributed by atoms with Gasteiger partial charge in [-0.25, -0.2) is 8.78 Å². The van der Waals surface area contributed by atoms with Crippen molar-refractivity contribution in [2.45, 2.75) is 33.4 Å². The molecule has 106 valence electrons. The van der Waals surface area contributed by atoms with Crippen LogP contribution in [0.4, 0.5) is 8.78 Å². The normalized spacial score (nSPS) is 12.4. The van der Waals surface area contributed by atoms with Crippen molar-refractivity contribution >= 4 is 0 Å². The zero-order chi connectivity index (χ0) is 14.7. The van der Waals surface area contributed by atoms with E-state index in [0.29, 0.717) is 6.54 Å². The Bertz CT molecular complexity index is 608. The summed E-state index contributed by atoms with van der Waals surface area (Å²) in [6.07, 6.45) is 0. The smallest absolute Gasteiger partial charge is 0.159 e. The lowest BCUT2D eigenvalue weighted by atomic mass is 10.0. The first kappa shape index (κ1) is 14.7. The number of rotatable bonds is 4. The molecule has 2 aromatic rings. The number of aryl methyl sites for hydroxylation is 2. The zero-order valence-corrected chi connectivity index (χ0v) is 12.0. The van der Waals surface area contributed by atoms with Gasteiger partial charge in [0.15, 0.2) is 11.6 Å². The molecule has 0 aromatic heterocycles. The summed E-state index contributed by atoms with van der Waals surface area (Å²) in [6.45, 7) is 6.73. The number of halogens is 2. The Labute approximate surface area is 118 Å². The molecule has 20 heavy (non-hydrogen) atoms. The van der Waals surface area contributed by atoms with E-state index in [4.69, 9.17) is 0 Å². The number of benzene rings is 2. The van der Waals surface area contributed by atoms with Crippen molar-refractivity contribution in [1.29, 1.82) is 0 Å². The van der Waals surface area contributed by atoms with Crippen molar-refractivity contribution in [3.8, 4) is 0 Å². The summed E-state index contributed by atoms with van der Waals surface area (Å²) in [7, 11) is 0. The highest BCUT2D eigenvalue weighted by molar-refractivity contribution is 5.31. The molecule has 1 atom stereocenters. The summed E-state index contributed by atoms with van der Waals surface area (Å²) in [5.41, 5.74) is 4.45. The van der Waals surface area contributed by atoms with Crippen molar-refractivity contribution in [3.63, 3.8) is 0 Å². The van der Waals surface area contributed by atoms with E-state index in [0.717, 1.165) is 11.6 Å². The highest BCUT2D eigenvalue weighted by Gasteiger charge is 2.07. The van der Waals surface area contributed by atoms with Gasteiger partial charge in [-0.1, -0.05) is 24.3 Å². The fourth-order valence-corrected chi connectivity index (χ4v) is 2.07. The molecule has 2 rings (SSSR count). The Hall–Kier alpha value is -1.74. The van der Waals surface area contributed by atoms with Gasteiger partial charge in [0.2, 0.25) is 0 Å². The van der Waals surface area contributed by atoms with E-state index in [9.17, 15) is 8.78 Å². The zero-order valence-electron chi connectivity index (χ0n) is 12.0. The van der Waals surface area contributed by atoms with Crippen LogP contribution >= 0.6 is 0 Å². The maximum atomic E-state index is 13.1. The van der Waals surface area contributed by atoms with Gasteiger partial charge < -0.3 is 5.32 Å². The van der Waals surface area contributed by atoms with Gasteiger partial charge in [0.1, 0.15) is 0 Å². The van der Waals surface area contributed by atoms with E-state index in [-0.39, 0.29) is 6.04 Å². The first-order chi connectivity index (χ1) is 9.47. The lowest BCUT2D eigenvalue weighted by molar-refractivity contribution is 0.504. The highest BCUT2D eigenvalue weighted by Crippen LogP contribution is 2.17. The SMILES string of the molecule is Cc1ccc(C(C)NCc2ccc(F)c(F)c2)cc1C. The minimum Gasteiger partial charge on any atom is -0.306 e. The van der Waals surface area contributed by atoms with Crippen LogP contribution in [0.2, 0.25) is 0 Å². The van der Waals surface area contributed by atoms with Gasteiger partial charge in [-0.2, -0.15) is 0 Å². The van der Waals surface area contributed by atoms with Crippen molar-refractivity contribution in [3.05, 3.63) is 70.3 Å². The van der Waals surface area contributed by atoms with Gasteiger partial charge in [-0.3, -0.25) is 0 Å². The molecule has 0 amide bonds. The number of nitrogens with one attached hydrogen (secondary N) is 1. The van der Waals surface area contributed by atoms with Gasteiger partial charge in [0, 0.05) is 12.6 Å². The van der Waals surface area contributed by atoms with Crippen molar-refractivity contribution in [1.82, 2.24) is 5.32 Å². The summed E-state index contributed by atoms with van der Waals surface area (Å²) >= 11 is 0. The molecule has 1 nitrogen and oxygen atoms in total. The predicted molar refractivity (Wildman–Crippen MR) is 77.5 cm³/mol. The third-order valence-corrected chi connectivity index (χ3v) is 3.63. The summed E-state index contributed by atoms with van der Waals surface area (Å²) in [5.74, 6) is -1.61. The van der Waals surface area contributed by atoms with E-state index in [1.54, 1.807) is 6.07 Å². The average Bonchev–Trinajstić information content (AvgIpc) is 2.43. The molecule has 0 fully saturated rings. The average molecular weight is 275 g/mol. The quantitative estimate of drug-likeness (QED) is 0.870. The van der Waals surface area contributed by atoms with Crippen LogP contribution in [0.1, 0.15) is 35.2 Å². The molecule has 1 N–H and O–H groups in total. The van der Waals surface area contributed by atoms with Crippen LogP contribution < -0.4 is 5.32 Å². The molecule has 0 saturated carbocycles. The maximum Gasteiger partial charge on any atom is 0.159 e. The minimum atomic E-state index is -0.809. The predicted octanol–water partition coefficient (Wildman–Crippen LogP) is 4.43. The second-order valence-electron chi connectivity index (χ2n) is 5.19. The molecule has 0 bridgehead atoms. The Balaban J connectivity index is 2.02. The molecule has 0 spiro atoms. The Morgan fingerprint density at radius 2 is 1.70 bits per heavy atom. The standard InChI is InChI=1S/C17H19F2N/c1-11-4-6-15(8-12(11)2)13(3)20-10-14-5-7-16(18)17(19)9-14/h4-9,13,20H,10H2,1-3H3. The van der Waals surface area contributed by atoms with E-state index in [1.807, 2.05) is 0 Å². The summed E-state index contributed by atoms with van der Waals surface area (Å²) < 4.78 is 26.0. The van der Waals surface area contributed by atoms with Crippen molar-refractivity contribution in [2.24, 2.45) is 0 Å². The van der Waals surface area contributed by atoms with Crippen LogP contribution in [0, 0.1) is 25.5 Å². The van der Waals surface area contributed by atoms with E-state index in [1.165, 1.54) is 22.8 Å². The summed E-state index contributed by atoms with van der Waals surface area (Å²) in [5, 5.41) is 3.32. The van der Waals surface area contributed by atoms with Gasteiger partial charge in [-0.05, 0) is 55.2 Å². The van der Waals surface area contributed by atoms with Crippen LogP contribution in [0.25, 0.3) is 0 Å². The molecule has 0 aliphatic heterocycles. The van der Waals surface area contributed by atoms with Gasteiger partial charge in [-0.15, -0.1) is 0 Å². The number of hydrogen-bond acceptors (Lipinski definition) is 1. The molecule has 1 unspecified atom stereocenters. The van der Waals surface area contributed by atoms with E-state index in [2.05, 4.69) is 44.3 Å². The van der Waals surface area contributed by atoms with Crippen LogP contribution in [0.15, 0.2) is 36.4 Å². The molecular weight excluding hydrogens is 256 g/mol. The van der Waals surface area contributed by atoms with Crippen LogP contribution in [0.3, 0.4) is 0 Å². The first-order valence-corrected chi connectivity index (χ1v) is 6.72. The van der Waals surface area contributed by atoms with Crippen molar-refractivity contribution in [2.75, 3.05) is 0 Å². The highest BCUT2D eigenvalue weighted by atomic mass is 19.2. The van der Waals surface area contributed by atoms with Crippen LogP contribution in [-0.2, 0) is 6.54 Å². The van der Waals surface area contributed by atoms with Crippen LogP contribution in [0.5, 0.6) is 0 Å². The van der Waals surface area contributed by atoms with Gasteiger partial charge >= 0.3 is 0 Å². The second kappa shape index (κ2) is 6.14. The monoisotopic (exact) mass is 275 g/mol. The topological polar surface area (TPSA) is 12.0 Å². The lowest BCUT2D eigenvalue weighted by Gasteiger charge is -2.16. The third kappa shape index (κ3) is 3.42. The minimum absolute atomic E-state index is 0.155. The molecule has 0 saturated heterocycles. The Morgan fingerprint density at radius 3 is 2.35 bits per heavy atom. The van der Waals surface area contributed by atoms with E-state index < -0.39 is 11.6 Å². The molecule has 0 heterocycles. The molecular formula is C17H19F2N. The van der Waals surface area contributed by atoms with Gasteiger partial charge in [0.05, 0.1) is 0 Å². The first-order valence-electron chi connectivity index (χ1n) is 6.72. The largest absolute Gasteiger partial charge is 0.306 e. The molecule has 0 aliphatic rings. The summed E-state index contributed by atoms with van der Waals surface area (Å²) in [4.78, 5) is 0. The maximum absolute atomic E-state index is 13.1. The van der Waals surface area contributed by atoms with E-state index >= 15 is 0 Å². The van der Waals surface area contributed by atoms with Crippen molar-refractivity contribution < 1.29 is 8.78 Å². The molecule has 0 aliphatic carbocycles. The summed E-state index contributed by atoms with van der Waals surface area (Å²) in [6, 6.07) is 10.5.